The van der Waals surface area contributed by atoms with Gasteiger partial charge in [0.2, 0.25) is 0 Å². The standard InChI is InChI=1S/C16H18Cl3NO4/c1-16(2,3)24-15(22)20-6-4-5-12(20)14(21)23-13-8-10(18)9(17)7-11(13)19/h7-8,12H,4-6H2,1-3H3. The Morgan fingerprint density at radius 2 is 1.75 bits per heavy atom. The number of benzene rings is 1. The van der Waals surface area contributed by atoms with Gasteiger partial charge < -0.3 is 9.47 Å². The van der Waals surface area contributed by atoms with E-state index in [1.165, 1.54) is 17.0 Å². The predicted octanol–water partition coefficient (Wildman–Crippen LogP) is 4.95. The average Bonchev–Trinajstić information content (AvgIpc) is 2.92. The van der Waals surface area contributed by atoms with E-state index in [-0.39, 0.29) is 20.8 Å². The van der Waals surface area contributed by atoms with Crippen molar-refractivity contribution in [3.05, 3.63) is 27.2 Å². The second-order valence-electron chi connectivity index (χ2n) is 6.45. The van der Waals surface area contributed by atoms with Gasteiger partial charge in [0, 0.05) is 12.6 Å². The van der Waals surface area contributed by atoms with Crippen molar-refractivity contribution in [1.82, 2.24) is 4.90 Å². The third kappa shape index (κ3) is 4.68. The zero-order valence-corrected chi connectivity index (χ0v) is 15.8. The van der Waals surface area contributed by atoms with Gasteiger partial charge in [-0.25, -0.2) is 9.59 Å². The largest absolute Gasteiger partial charge is 0.444 e. The molecule has 2 rings (SSSR count). The van der Waals surface area contributed by atoms with E-state index in [4.69, 9.17) is 44.3 Å². The molecule has 0 aliphatic carbocycles. The van der Waals surface area contributed by atoms with Crippen molar-refractivity contribution in [3.8, 4) is 5.75 Å². The Morgan fingerprint density at radius 1 is 1.12 bits per heavy atom. The summed E-state index contributed by atoms with van der Waals surface area (Å²) in [7, 11) is 0. The monoisotopic (exact) mass is 393 g/mol. The van der Waals surface area contributed by atoms with Crippen LogP contribution in [0.5, 0.6) is 5.75 Å². The Labute approximate surface area is 155 Å². The van der Waals surface area contributed by atoms with Crippen molar-refractivity contribution in [2.24, 2.45) is 0 Å². The van der Waals surface area contributed by atoms with E-state index in [1.807, 2.05) is 0 Å². The first-order chi connectivity index (χ1) is 11.1. The van der Waals surface area contributed by atoms with E-state index in [2.05, 4.69) is 0 Å². The molecule has 1 aliphatic rings. The lowest BCUT2D eigenvalue weighted by atomic mass is 10.2. The van der Waals surface area contributed by atoms with Gasteiger partial charge in [-0.15, -0.1) is 0 Å². The molecule has 8 heteroatoms. The normalized spacial score (nSPS) is 17.8. The van der Waals surface area contributed by atoms with Gasteiger partial charge >= 0.3 is 12.1 Å². The smallest absolute Gasteiger partial charge is 0.411 e. The van der Waals surface area contributed by atoms with Crippen molar-refractivity contribution in [1.29, 1.82) is 0 Å². The summed E-state index contributed by atoms with van der Waals surface area (Å²) in [6.45, 7) is 5.74. The summed E-state index contributed by atoms with van der Waals surface area (Å²) in [6, 6.07) is 2.05. The van der Waals surface area contributed by atoms with E-state index >= 15 is 0 Å². The van der Waals surface area contributed by atoms with Gasteiger partial charge in [-0.05, 0) is 39.7 Å². The molecule has 0 saturated carbocycles. The Bertz CT molecular complexity index is 657. The van der Waals surface area contributed by atoms with Gasteiger partial charge in [0.25, 0.3) is 0 Å². The van der Waals surface area contributed by atoms with Gasteiger partial charge in [-0.2, -0.15) is 0 Å². The van der Waals surface area contributed by atoms with Crippen molar-refractivity contribution in [2.75, 3.05) is 6.54 Å². The minimum absolute atomic E-state index is 0.104. The fourth-order valence-electron chi connectivity index (χ4n) is 2.31. The number of hydrogen-bond acceptors (Lipinski definition) is 4. The van der Waals surface area contributed by atoms with E-state index in [0.717, 1.165) is 0 Å². The van der Waals surface area contributed by atoms with E-state index in [9.17, 15) is 9.59 Å². The van der Waals surface area contributed by atoms with Crippen LogP contribution in [0, 0.1) is 0 Å². The van der Waals surface area contributed by atoms with Crippen LogP contribution in [0.3, 0.4) is 0 Å². The zero-order chi connectivity index (χ0) is 18.1. The number of nitrogens with zero attached hydrogens (tertiary/aromatic N) is 1. The van der Waals surface area contributed by atoms with Gasteiger partial charge in [0.05, 0.1) is 15.1 Å². The maximum atomic E-state index is 12.4. The fraction of sp³-hybridized carbons (Fsp3) is 0.500. The molecule has 1 aromatic rings. The molecule has 1 unspecified atom stereocenters. The highest BCUT2D eigenvalue weighted by Gasteiger charge is 2.38. The first kappa shape index (κ1) is 19.2. The van der Waals surface area contributed by atoms with Crippen LogP contribution in [0.25, 0.3) is 0 Å². The first-order valence-electron chi connectivity index (χ1n) is 7.44. The Hall–Kier alpha value is -1.17. The van der Waals surface area contributed by atoms with Crippen LogP contribution < -0.4 is 4.74 Å². The SMILES string of the molecule is CC(C)(C)OC(=O)N1CCCC1C(=O)Oc1cc(Cl)c(Cl)cc1Cl. The summed E-state index contributed by atoms with van der Waals surface area (Å²) < 4.78 is 10.6. The number of likely N-dealkylation sites (tertiary alicyclic amines) is 1. The fourth-order valence-corrected chi connectivity index (χ4v) is 2.89. The second kappa shape index (κ2) is 7.38. The lowest BCUT2D eigenvalue weighted by molar-refractivity contribution is -0.139. The van der Waals surface area contributed by atoms with Crippen LogP contribution >= 0.6 is 34.8 Å². The summed E-state index contributed by atoms with van der Waals surface area (Å²) >= 11 is 17.8. The number of carbonyl (C=O) groups is 2. The van der Waals surface area contributed by atoms with E-state index in [0.29, 0.717) is 19.4 Å². The molecular weight excluding hydrogens is 377 g/mol. The number of esters is 1. The predicted molar refractivity (Wildman–Crippen MR) is 93.1 cm³/mol. The van der Waals surface area contributed by atoms with Crippen LogP contribution in [0.4, 0.5) is 4.79 Å². The van der Waals surface area contributed by atoms with Crippen molar-refractivity contribution < 1.29 is 19.1 Å². The van der Waals surface area contributed by atoms with Crippen LogP contribution in [0.15, 0.2) is 12.1 Å². The molecule has 1 aromatic carbocycles. The summed E-state index contributed by atoms with van der Waals surface area (Å²) in [6.07, 6.45) is 0.646. The number of carbonyl (C=O) groups excluding carboxylic acids is 2. The van der Waals surface area contributed by atoms with Gasteiger partial charge in [-0.3, -0.25) is 4.90 Å². The number of rotatable bonds is 2. The molecule has 0 N–H and O–H groups in total. The number of ether oxygens (including phenoxy) is 2. The molecule has 132 valence electrons. The minimum atomic E-state index is -0.717. The third-order valence-electron chi connectivity index (χ3n) is 3.34. The van der Waals surface area contributed by atoms with Crippen LogP contribution in [-0.4, -0.2) is 35.2 Å². The Balaban J connectivity index is 2.11. The average molecular weight is 395 g/mol. The molecule has 0 radical (unpaired) electrons. The van der Waals surface area contributed by atoms with Crippen molar-refractivity contribution >= 4 is 46.9 Å². The van der Waals surface area contributed by atoms with Crippen LogP contribution in [-0.2, 0) is 9.53 Å². The summed E-state index contributed by atoms with van der Waals surface area (Å²) in [5, 5.41) is 0.650. The molecule has 0 bridgehead atoms. The molecule has 5 nitrogen and oxygen atoms in total. The van der Waals surface area contributed by atoms with Crippen molar-refractivity contribution in [2.45, 2.75) is 45.3 Å². The second-order valence-corrected chi connectivity index (χ2v) is 7.67. The lowest BCUT2D eigenvalue weighted by Gasteiger charge is -2.27. The summed E-state index contributed by atoms with van der Waals surface area (Å²) in [4.78, 5) is 26.0. The highest BCUT2D eigenvalue weighted by Crippen LogP contribution is 2.34. The molecule has 1 saturated heterocycles. The molecule has 0 spiro atoms. The summed E-state index contributed by atoms with van der Waals surface area (Å²) in [5.41, 5.74) is -0.638. The molecule has 0 aromatic heterocycles. The first-order valence-corrected chi connectivity index (χ1v) is 8.58. The molecule has 1 heterocycles. The molecule has 1 atom stereocenters. The summed E-state index contributed by atoms with van der Waals surface area (Å²) in [5.74, 6) is -0.481. The van der Waals surface area contributed by atoms with Crippen LogP contribution in [0.1, 0.15) is 33.6 Å². The van der Waals surface area contributed by atoms with Gasteiger partial charge in [0.15, 0.2) is 5.75 Å². The third-order valence-corrected chi connectivity index (χ3v) is 4.36. The zero-order valence-electron chi connectivity index (χ0n) is 13.6. The van der Waals surface area contributed by atoms with E-state index < -0.39 is 23.7 Å². The Morgan fingerprint density at radius 3 is 2.38 bits per heavy atom. The maximum Gasteiger partial charge on any atom is 0.411 e. The molecule has 1 aliphatic heterocycles. The van der Waals surface area contributed by atoms with Crippen molar-refractivity contribution in [3.63, 3.8) is 0 Å². The highest BCUT2D eigenvalue weighted by molar-refractivity contribution is 6.43. The molecule has 1 amide bonds. The van der Waals surface area contributed by atoms with E-state index in [1.54, 1.807) is 20.8 Å². The van der Waals surface area contributed by atoms with Crippen LogP contribution in [0.2, 0.25) is 15.1 Å². The minimum Gasteiger partial charge on any atom is -0.444 e. The molecule has 1 fully saturated rings. The molecular formula is C16H18Cl3NO4. The molecule has 24 heavy (non-hydrogen) atoms. The number of amides is 1. The van der Waals surface area contributed by atoms with Gasteiger partial charge in [-0.1, -0.05) is 34.8 Å². The lowest BCUT2D eigenvalue weighted by Crippen LogP contribution is -2.44. The Kier molecular flexibility index (Phi) is 5.89. The van der Waals surface area contributed by atoms with Gasteiger partial charge in [0.1, 0.15) is 11.6 Å². The quantitative estimate of drug-likeness (QED) is 0.404. The number of hydrogen-bond donors (Lipinski definition) is 0. The topological polar surface area (TPSA) is 55.8 Å². The maximum absolute atomic E-state index is 12.4. The number of halogens is 3. The highest BCUT2D eigenvalue weighted by atomic mass is 35.5.